The fourth-order valence-corrected chi connectivity index (χ4v) is 1.83. The molecule has 0 radical (unpaired) electrons. The maximum Gasteiger partial charge on any atom is 0.145 e. The van der Waals surface area contributed by atoms with Gasteiger partial charge in [0.2, 0.25) is 0 Å². The van der Waals surface area contributed by atoms with E-state index in [4.69, 9.17) is 25.8 Å². The van der Waals surface area contributed by atoms with Gasteiger partial charge in [0.15, 0.2) is 0 Å². The van der Waals surface area contributed by atoms with Crippen LogP contribution >= 0.6 is 24.0 Å². The first-order valence-corrected chi connectivity index (χ1v) is 7.12. The Morgan fingerprint density at radius 1 is 1.18 bits per heavy atom. The number of aliphatic hydroxyl groups is 1. The molecule has 1 unspecified atom stereocenters. The van der Waals surface area contributed by atoms with Crippen LogP contribution in [0.5, 0.6) is 17.2 Å². The molecule has 0 fully saturated rings. The molecule has 1 aromatic rings. The number of ether oxygens (including phenoxy) is 3. The lowest BCUT2D eigenvalue weighted by Gasteiger charge is -2.23. The van der Waals surface area contributed by atoms with E-state index in [2.05, 4.69) is 5.32 Å². The number of aliphatic hydroxyl groups excluding tert-OH is 1. The zero-order valence-electron chi connectivity index (χ0n) is 13.6. The normalized spacial score (nSPS) is 12.3. The van der Waals surface area contributed by atoms with Crippen LogP contribution in [0.2, 0.25) is 5.02 Å². The Bertz CT molecular complexity index is 464. The second-order valence-electron chi connectivity index (χ2n) is 5.74. The predicted molar refractivity (Wildman–Crippen MR) is 91.1 cm³/mol. The number of hydrogen-bond donors (Lipinski definition) is 2. The minimum absolute atomic E-state index is 0. The van der Waals surface area contributed by atoms with E-state index < -0.39 is 6.10 Å². The molecule has 0 aromatic heterocycles. The molecule has 0 spiro atoms. The lowest BCUT2D eigenvalue weighted by Crippen LogP contribution is -2.42. The van der Waals surface area contributed by atoms with E-state index in [0.29, 0.717) is 28.8 Å². The molecule has 1 aromatic carbocycles. The van der Waals surface area contributed by atoms with Gasteiger partial charge in [-0.1, -0.05) is 11.6 Å². The fourth-order valence-electron chi connectivity index (χ4n) is 1.59. The molecule has 128 valence electrons. The van der Waals surface area contributed by atoms with E-state index in [9.17, 15) is 5.11 Å². The number of methoxy groups -OCH3 is 2. The SMILES string of the molecule is COc1cc(OC)c(Cl)c(OCC(O)CNC(C)(C)C)c1.Cl. The van der Waals surface area contributed by atoms with Crippen LogP contribution in [0.3, 0.4) is 0 Å². The molecule has 1 rings (SSSR count). The van der Waals surface area contributed by atoms with Gasteiger partial charge < -0.3 is 24.6 Å². The van der Waals surface area contributed by atoms with Crippen LogP contribution in [0, 0.1) is 0 Å². The Morgan fingerprint density at radius 2 is 1.77 bits per heavy atom. The minimum atomic E-state index is -0.641. The molecule has 0 bridgehead atoms. The summed E-state index contributed by atoms with van der Waals surface area (Å²) in [6.07, 6.45) is -0.641. The zero-order chi connectivity index (χ0) is 16.0. The maximum atomic E-state index is 9.92. The summed E-state index contributed by atoms with van der Waals surface area (Å²) in [7, 11) is 3.07. The molecule has 0 saturated carbocycles. The molecule has 0 aliphatic carbocycles. The number of halogens is 2. The summed E-state index contributed by atoms with van der Waals surface area (Å²) in [5.41, 5.74) is -0.0577. The highest BCUT2D eigenvalue weighted by atomic mass is 35.5. The number of benzene rings is 1. The molecule has 0 heterocycles. The van der Waals surface area contributed by atoms with Crippen LogP contribution < -0.4 is 19.5 Å². The average molecular weight is 354 g/mol. The van der Waals surface area contributed by atoms with Crippen LogP contribution in [-0.4, -0.2) is 44.1 Å². The number of nitrogens with one attached hydrogen (secondary N) is 1. The monoisotopic (exact) mass is 353 g/mol. The van der Waals surface area contributed by atoms with Crippen molar-refractivity contribution in [2.75, 3.05) is 27.4 Å². The molecule has 0 aliphatic heterocycles. The summed E-state index contributed by atoms with van der Waals surface area (Å²) in [6.45, 7) is 6.65. The quantitative estimate of drug-likeness (QED) is 0.789. The fraction of sp³-hybridized carbons (Fsp3) is 0.600. The Labute approximate surface area is 143 Å². The van der Waals surface area contributed by atoms with E-state index in [1.807, 2.05) is 20.8 Å². The highest BCUT2D eigenvalue weighted by Crippen LogP contribution is 2.38. The molecule has 5 nitrogen and oxygen atoms in total. The molecular weight excluding hydrogens is 329 g/mol. The van der Waals surface area contributed by atoms with E-state index in [1.165, 1.54) is 7.11 Å². The number of hydrogen-bond acceptors (Lipinski definition) is 5. The Balaban J connectivity index is 0.00000441. The highest BCUT2D eigenvalue weighted by Gasteiger charge is 2.15. The van der Waals surface area contributed by atoms with Gasteiger partial charge in [0, 0.05) is 24.2 Å². The summed E-state index contributed by atoms with van der Waals surface area (Å²) >= 11 is 6.17. The van der Waals surface area contributed by atoms with Crippen molar-refractivity contribution in [1.82, 2.24) is 5.32 Å². The van der Waals surface area contributed by atoms with Gasteiger partial charge in [-0.2, -0.15) is 0 Å². The molecule has 0 amide bonds. The van der Waals surface area contributed by atoms with Gasteiger partial charge in [0.05, 0.1) is 14.2 Å². The van der Waals surface area contributed by atoms with E-state index >= 15 is 0 Å². The highest BCUT2D eigenvalue weighted by molar-refractivity contribution is 6.33. The third-order valence-electron chi connectivity index (χ3n) is 2.73. The van der Waals surface area contributed by atoms with Gasteiger partial charge in [0.25, 0.3) is 0 Å². The summed E-state index contributed by atoms with van der Waals surface area (Å²) in [5.74, 6) is 1.46. The summed E-state index contributed by atoms with van der Waals surface area (Å²) in [5, 5.41) is 13.5. The van der Waals surface area contributed by atoms with Gasteiger partial charge in [-0.3, -0.25) is 0 Å². The second-order valence-corrected chi connectivity index (χ2v) is 6.12. The molecule has 0 aliphatic rings. The summed E-state index contributed by atoms with van der Waals surface area (Å²) < 4.78 is 15.9. The van der Waals surface area contributed by atoms with Gasteiger partial charge in [-0.25, -0.2) is 0 Å². The number of rotatable bonds is 7. The first kappa shape index (κ1) is 21.1. The molecule has 0 saturated heterocycles. The second kappa shape index (κ2) is 9.30. The zero-order valence-corrected chi connectivity index (χ0v) is 15.2. The number of β-amino-alcohol motifs (C(OH)–C–C–N with tert-alkyl or cyclic N) is 1. The lowest BCUT2D eigenvalue weighted by atomic mass is 10.1. The van der Waals surface area contributed by atoms with Crippen molar-refractivity contribution in [3.8, 4) is 17.2 Å². The van der Waals surface area contributed by atoms with Crippen molar-refractivity contribution < 1.29 is 19.3 Å². The van der Waals surface area contributed by atoms with Gasteiger partial charge in [-0.05, 0) is 20.8 Å². The Hall–Kier alpha value is -0.880. The Morgan fingerprint density at radius 3 is 2.27 bits per heavy atom. The van der Waals surface area contributed by atoms with Crippen LogP contribution in [-0.2, 0) is 0 Å². The van der Waals surface area contributed by atoms with Gasteiger partial charge in [-0.15, -0.1) is 12.4 Å². The van der Waals surface area contributed by atoms with Crippen molar-refractivity contribution >= 4 is 24.0 Å². The standard InChI is InChI=1S/C15H24ClNO4.ClH/c1-15(2,3)17-8-10(18)9-21-13-7-11(19-4)6-12(20-5)14(13)16;/h6-7,10,17-18H,8-9H2,1-5H3;1H. The van der Waals surface area contributed by atoms with Crippen LogP contribution in [0.4, 0.5) is 0 Å². The third-order valence-corrected chi connectivity index (χ3v) is 3.11. The van der Waals surface area contributed by atoms with Crippen LogP contribution in [0.15, 0.2) is 12.1 Å². The van der Waals surface area contributed by atoms with Crippen molar-refractivity contribution in [3.63, 3.8) is 0 Å². The molecular formula is C15H25Cl2NO4. The van der Waals surface area contributed by atoms with Crippen molar-refractivity contribution in [3.05, 3.63) is 17.2 Å². The third kappa shape index (κ3) is 6.92. The molecule has 22 heavy (non-hydrogen) atoms. The lowest BCUT2D eigenvalue weighted by molar-refractivity contribution is 0.0998. The smallest absolute Gasteiger partial charge is 0.145 e. The first-order valence-electron chi connectivity index (χ1n) is 6.74. The van der Waals surface area contributed by atoms with E-state index in [1.54, 1.807) is 19.2 Å². The Kier molecular flexibility index (Phi) is 8.93. The van der Waals surface area contributed by atoms with Gasteiger partial charge >= 0.3 is 0 Å². The largest absolute Gasteiger partial charge is 0.496 e. The van der Waals surface area contributed by atoms with E-state index in [-0.39, 0.29) is 24.6 Å². The van der Waals surface area contributed by atoms with E-state index in [0.717, 1.165) is 0 Å². The summed E-state index contributed by atoms with van der Waals surface area (Å²) in [4.78, 5) is 0. The molecule has 7 heteroatoms. The topological polar surface area (TPSA) is 60.0 Å². The van der Waals surface area contributed by atoms with Crippen LogP contribution in [0.1, 0.15) is 20.8 Å². The average Bonchev–Trinajstić information content (AvgIpc) is 2.43. The summed E-state index contributed by atoms with van der Waals surface area (Å²) in [6, 6.07) is 3.33. The van der Waals surface area contributed by atoms with Crippen molar-refractivity contribution in [1.29, 1.82) is 0 Å². The predicted octanol–water partition coefficient (Wildman–Crippen LogP) is 2.91. The molecule has 2 N–H and O–H groups in total. The van der Waals surface area contributed by atoms with Crippen LogP contribution in [0.25, 0.3) is 0 Å². The first-order chi connectivity index (χ1) is 9.76. The van der Waals surface area contributed by atoms with Crippen molar-refractivity contribution in [2.45, 2.75) is 32.4 Å². The maximum absolute atomic E-state index is 9.92. The van der Waals surface area contributed by atoms with Gasteiger partial charge in [0.1, 0.15) is 35.0 Å². The molecule has 1 atom stereocenters. The minimum Gasteiger partial charge on any atom is -0.496 e. The van der Waals surface area contributed by atoms with Crippen molar-refractivity contribution in [2.24, 2.45) is 0 Å².